The van der Waals surface area contributed by atoms with E-state index in [1.54, 1.807) is 0 Å². The van der Waals surface area contributed by atoms with Gasteiger partial charge in [0.15, 0.2) is 5.12 Å². The summed E-state index contributed by atoms with van der Waals surface area (Å²) >= 11 is 1.37. The standard InChI is InChI=1S/C14H20OS/c1-2-3-4-5-9-12-14(15)16-13-10-7-6-8-11-13/h6-8,10-11H,2-5,9,12H2,1H3. The predicted octanol–water partition coefficient (Wildman–Crippen LogP) is 4.67. The Morgan fingerprint density at radius 1 is 1.06 bits per heavy atom. The summed E-state index contributed by atoms with van der Waals surface area (Å²) in [5.41, 5.74) is 0. The summed E-state index contributed by atoms with van der Waals surface area (Å²) in [5, 5.41) is 0.294. The number of carbonyl (C=O) groups is 1. The van der Waals surface area contributed by atoms with Gasteiger partial charge in [0.1, 0.15) is 0 Å². The molecule has 16 heavy (non-hydrogen) atoms. The van der Waals surface area contributed by atoms with Crippen molar-refractivity contribution in [3.8, 4) is 0 Å². The minimum atomic E-state index is 0.294. The molecule has 1 nitrogen and oxygen atoms in total. The van der Waals surface area contributed by atoms with Crippen LogP contribution in [0, 0.1) is 0 Å². The Labute approximate surface area is 103 Å². The average Bonchev–Trinajstić information content (AvgIpc) is 2.30. The van der Waals surface area contributed by atoms with E-state index in [4.69, 9.17) is 0 Å². The summed E-state index contributed by atoms with van der Waals surface area (Å²) in [6, 6.07) is 9.88. The maximum Gasteiger partial charge on any atom is 0.193 e. The summed E-state index contributed by atoms with van der Waals surface area (Å²) in [7, 11) is 0. The lowest BCUT2D eigenvalue weighted by Crippen LogP contribution is -1.91. The van der Waals surface area contributed by atoms with Crippen molar-refractivity contribution in [2.45, 2.75) is 50.3 Å². The quantitative estimate of drug-likeness (QED) is 0.505. The molecule has 1 aromatic rings. The highest BCUT2D eigenvalue weighted by molar-refractivity contribution is 8.13. The van der Waals surface area contributed by atoms with Gasteiger partial charge in [0, 0.05) is 11.3 Å². The topological polar surface area (TPSA) is 17.1 Å². The Morgan fingerprint density at radius 2 is 1.75 bits per heavy atom. The van der Waals surface area contributed by atoms with Crippen molar-refractivity contribution in [1.29, 1.82) is 0 Å². The van der Waals surface area contributed by atoms with Gasteiger partial charge < -0.3 is 0 Å². The zero-order chi connectivity index (χ0) is 11.6. The van der Waals surface area contributed by atoms with Crippen LogP contribution in [0.2, 0.25) is 0 Å². The largest absolute Gasteiger partial charge is 0.287 e. The fourth-order valence-corrected chi connectivity index (χ4v) is 2.35. The van der Waals surface area contributed by atoms with E-state index < -0.39 is 0 Å². The first-order valence-electron chi connectivity index (χ1n) is 6.08. The number of rotatable bonds is 7. The Bertz CT molecular complexity index is 295. The molecule has 0 saturated carbocycles. The van der Waals surface area contributed by atoms with Crippen LogP contribution in [0.1, 0.15) is 45.4 Å². The molecule has 0 aliphatic rings. The van der Waals surface area contributed by atoms with Gasteiger partial charge in [-0.1, -0.05) is 62.6 Å². The van der Waals surface area contributed by atoms with Crippen molar-refractivity contribution in [2.24, 2.45) is 0 Å². The van der Waals surface area contributed by atoms with Crippen LogP contribution in [-0.4, -0.2) is 5.12 Å². The Kier molecular flexibility index (Phi) is 6.98. The molecule has 0 atom stereocenters. The third kappa shape index (κ3) is 5.96. The molecule has 0 heterocycles. The maximum absolute atomic E-state index is 11.6. The highest BCUT2D eigenvalue weighted by Gasteiger charge is 2.03. The van der Waals surface area contributed by atoms with Gasteiger partial charge in [0.25, 0.3) is 0 Å². The third-order valence-corrected chi connectivity index (χ3v) is 3.40. The van der Waals surface area contributed by atoms with Gasteiger partial charge in [-0.25, -0.2) is 0 Å². The molecule has 88 valence electrons. The maximum atomic E-state index is 11.6. The molecule has 0 aliphatic carbocycles. The van der Waals surface area contributed by atoms with Crippen molar-refractivity contribution >= 4 is 16.9 Å². The fourth-order valence-electron chi connectivity index (χ4n) is 1.54. The number of carbonyl (C=O) groups excluding carboxylic acids is 1. The lowest BCUT2D eigenvalue weighted by Gasteiger charge is -2.00. The zero-order valence-electron chi connectivity index (χ0n) is 9.95. The van der Waals surface area contributed by atoms with Crippen molar-refractivity contribution in [3.63, 3.8) is 0 Å². The molecular formula is C14H20OS. The Morgan fingerprint density at radius 3 is 2.44 bits per heavy atom. The molecule has 0 aromatic heterocycles. The van der Waals surface area contributed by atoms with Crippen LogP contribution in [0.5, 0.6) is 0 Å². The first-order chi connectivity index (χ1) is 7.83. The van der Waals surface area contributed by atoms with E-state index in [-0.39, 0.29) is 0 Å². The van der Waals surface area contributed by atoms with E-state index in [2.05, 4.69) is 6.92 Å². The van der Waals surface area contributed by atoms with Gasteiger partial charge in [-0.05, 0) is 18.6 Å². The lowest BCUT2D eigenvalue weighted by atomic mass is 10.1. The third-order valence-electron chi connectivity index (χ3n) is 2.46. The summed E-state index contributed by atoms with van der Waals surface area (Å²) in [6.07, 6.45) is 6.75. The molecule has 0 saturated heterocycles. The predicted molar refractivity (Wildman–Crippen MR) is 70.7 cm³/mol. The molecule has 0 bridgehead atoms. The molecule has 1 rings (SSSR count). The second-order valence-corrected chi connectivity index (χ2v) is 5.08. The molecule has 0 radical (unpaired) electrons. The molecule has 2 heteroatoms. The van der Waals surface area contributed by atoms with Crippen LogP contribution in [0.4, 0.5) is 0 Å². The second kappa shape index (κ2) is 8.40. The minimum absolute atomic E-state index is 0.294. The van der Waals surface area contributed by atoms with Gasteiger partial charge in [0.2, 0.25) is 0 Å². The van der Waals surface area contributed by atoms with E-state index in [1.807, 2.05) is 30.3 Å². The van der Waals surface area contributed by atoms with Gasteiger partial charge in [-0.3, -0.25) is 4.79 Å². The van der Waals surface area contributed by atoms with Crippen LogP contribution in [0.15, 0.2) is 35.2 Å². The Balaban J connectivity index is 2.12. The Hall–Kier alpha value is -0.760. The highest BCUT2D eigenvalue weighted by Crippen LogP contribution is 2.20. The van der Waals surface area contributed by atoms with Gasteiger partial charge in [-0.15, -0.1) is 0 Å². The summed E-state index contributed by atoms with van der Waals surface area (Å²) in [5.74, 6) is 0. The number of unbranched alkanes of at least 4 members (excludes halogenated alkanes) is 4. The molecular weight excluding hydrogens is 216 g/mol. The van der Waals surface area contributed by atoms with Crippen LogP contribution in [-0.2, 0) is 4.79 Å². The van der Waals surface area contributed by atoms with E-state index in [0.717, 1.165) is 11.3 Å². The summed E-state index contributed by atoms with van der Waals surface area (Å²) < 4.78 is 0. The zero-order valence-corrected chi connectivity index (χ0v) is 10.8. The molecule has 0 unspecified atom stereocenters. The normalized spacial score (nSPS) is 10.3. The van der Waals surface area contributed by atoms with Crippen molar-refractivity contribution in [1.82, 2.24) is 0 Å². The van der Waals surface area contributed by atoms with Crippen LogP contribution >= 0.6 is 11.8 Å². The molecule has 0 N–H and O–H groups in total. The van der Waals surface area contributed by atoms with Crippen LogP contribution in [0.25, 0.3) is 0 Å². The molecule has 0 fully saturated rings. The molecule has 0 spiro atoms. The van der Waals surface area contributed by atoms with Crippen molar-refractivity contribution in [3.05, 3.63) is 30.3 Å². The number of hydrogen-bond donors (Lipinski definition) is 0. The second-order valence-electron chi connectivity index (χ2n) is 3.95. The molecule has 0 amide bonds. The number of hydrogen-bond acceptors (Lipinski definition) is 2. The monoisotopic (exact) mass is 236 g/mol. The number of thioether (sulfide) groups is 1. The van der Waals surface area contributed by atoms with Gasteiger partial charge in [0.05, 0.1) is 0 Å². The van der Waals surface area contributed by atoms with Crippen LogP contribution < -0.4 is 0 Å². The smallest absolute Gasteiger partial charge is 0.193 e. The number of benzene rings is 1. The average molecular weight is 236 g/mol. The van der Waals surface area contributed by atoms with Crippen molar-refractivity contribution in [2.75, 3.05) is 0 Å². The van der Waals surface area contributed by atoms with E-state index in [1.165, 1.54) is 37.4 Å². The molecule has 0 aliphatic heterocycles. The molecule has 1 aromatic carbocycles. The highest BCUT2D eigenvalue weighted by atomic mass is 32.2. The van der Waals surface area contributed by atoms with E-state index in [9.17, 15) is 4.79 Å². The van der Waals surface area contributed by atoms with Crippen LogP contribution in [0.3, 0.4) is 0 Å². The first-order valence-corrected chi connectivity index (χ1v) is 6.90. The summed E-state index contributed by atoms with van der Waals surface area (Å²) in [6.45, 7) is 2.20. The van der Waals surface area contributed by atoms with E-state index >= 15 is 0 Å². The van der Waals surface area contributed by atoms with Crippen molar-refractivity contribution < 1.29 is 4.79 Å². The SMILES string of the molecule is CCCCCCCC(=O)Sc1ccccc1. The van der Waals surface area contributed by atoms with Gasteiger partial charge >= 0.3 is 0 Å². The minimum Gasteiger partial charge on any atom is -0.287 e. The van der Waals surface area contributed by atoms with E-state index in [0.29, 0.717) is 11.5 Å². The lowest BCUT2D eigenvalue weighted by molar-refractivity contribution is -0.111. The van der Waals surface area contributed by atoms with Gasteiger partial charge in [-0.2, -0.15) is 0 Å². The summed E-state index contributed by atoms with van der Waals surface area (Å²) in [4.78, 5) is 12.7. The first kappa shape index (κ1) is 13.3. The fraction of sp³-hybridized carbons (Fsp3) is 0.500.